The van der Waals surface area contributed by atoms with Crippen molar-refractivity contribution in [2.24, 2.45) is 0 Å². The summed E-state index contributed by atoms with van der Waals surface area (Å²) in [5.74, 6) is 1.61. The van der Waals surface area contributed by atoms with Crippen LogP contribution in [0.4, 0.5) is 11.4 Å². The minimum atomic E-state index is -1.10. The number of anilines is 2. The first-order valence-corrected chi connectivity index (χ1v) is 13.3. The third-order valence-corrected chi connectivity index (χ3v) is 6.48. The van der Waals surface area contributed by atoms with Crippen molar-refractivity contribution < 1.29 is 9.47 Å². The monoisotopic (exact) mass is 389 g/mol. The van der Waals surface area contributed by atoms with Gasteiger partial charge in [0.05, 0.1) is 17.5 Å². The fourth-order valence-electron chi connectivity index (χ4n) is 2.82. The van der Waals surface area contributed by atoms with E-state index in [0.29, 0.717) is 18.5 Å². The van der Waals surface area contributed by atoms with Crippen LogP contribution in [-0.4, -0.2) is 48.7 Å². The quantitative estimate of drug-likeness (QED) is 0.388. The summed E-state index contributed by atoms with van der Waals surface area (Å²) in [6.07, 6.45) is 1.40. The molecule has 3 N–H and O–H groups in total. The van der Waals surface area contributed by atoms with Gasteiger partial charge in [0.1, 0.15) is 12.6 Å². The van der Waals surface area contributed by atoms with Gasteiger partial charge < -0.3 is 20.5 Å². The smallest absolute Gasteiger partial charge is 0.165 e. The molecule has 1 atom stereocenters. The maximum absolute atomic E-state index is 6.24. The van der Waals surface area contributed by atoms with Gasteiger partial charge in [0, 0.05) is 33.4 Å². The molecule has 1 fully saturated rings. The molecule has 0 amide bonds. The van der Waals surface area contributed by atoms with E-state index >= 15 is 0 Å². The van der Waals surface area contributed by atoms with Crippen LogP contribution in [0.2, 0.25) is 25.7 Å². The highest BCUT2D eigenvalue weighted by Crippen LogP contribution is 2.27. The molecule has 8 heteroatoms. The Morgan fingerprint density at radius 3 is 2.74 bits per heavy atom. The Hall–Kier alpha value is -1.90. The number of nitrogens with two attached hydrogens (primary N) is 1. The molecule has 0 bridgehead atoms. The number of ether oxygens (including phenoxy) is 2. The maximum atomic E-state index is 6.24. The van der Waals surface area contributed by atoms with Crippen molar-refractivity contribution in [3.8, 4) is 11.4 Å². The Bertz CT molecular complexity index is 768. The summed E-state index contributed by atoms with van der Waals surface area (Å²) in [7, 11) is -1.10. The third-order valence-electron chi connectivity index (χ3n) is 4.78. The van der Waals surface area contributed by atoms with E-state index in [1.165, 1.54) is 0 Å². The Kier molecular flexibility index (Phi) is 6.18. The number of nitrogens with one attached hydrogen (secondary N) is 1. The summed E-state index contributed by atoms with van der Waals surface area (Å²) in [6.45, 7) is 11.8. The fourth-order valence-corrected chi connectivity index (χ4v) is 3.57. The van der Waals surface area contributed by atoms with Gasteiger partial charge in [-0.1, -0.05) is 19.6 Å². The van der Waals surface area contributed by atoms with Crippen LogP contribution in [0.15, 0.2) is 18.2 Å². The first kappa shape index (κ1) is 19.8. The standard InChI is InChI=1S/C19H31N5O2Si/c1-14-22-23-19(24(14)13-25-9-10-27(2,3)4)15-5-6-18(17(20)11-15)21-12-16-7-8-26-16/h5-6,11,16,21H,7-10,12-13,20H2,1-4H3/t16-/m0/s1. The van der Waals surface area contributed by atoms with Crippen LogP contribution in [-0.2, 0) is 16.2 Å². The molecule has 0 unspecified atom stereocenters. The molecular formula is C19H31N5O2Si. The second-order valence-electron chi connectivity index (χ2n) is 8.31. The van der Waals surface area contributed by atoms with Crippen LogP contribution < -0.4 is 11.1 Å². The summed E-state index contributed by atoms with van der Waals surface area (Å²) in [4.78, 5) is 0. The number of hydrogen-bond donors (Lipinski definition) is 2. The van der Waals surface area contributed by atoms with Crippen molar-refractivity contribution in [2.75, 3.05) is 30.8 Å². The number of rotatable bonds is 9. The highest BCUT2D eigenvalue weighted by atomic mass is 28.3. The number of benzene rings is 1. The highest BCUT2D eigenvalue weighted by molar-refractivity contribution is 6.76. The number of aromatic nitrogens is 3. The molecule has 2 aromatic rings. The zero-order chi connectivity index (χ0) is 19.4. The zero-order valence-corrected chi connectivity index (χ0v) is 17.8. The zero-order valence-electron chi connectivity index (χ0n) is 16.8. The van der Waals surface area contributed by atoms with Crippen molar-refractivity contribution in [3.63, 3.8) is 0 Å². The molecule has 7 nitrogen and oxygen atoms in total. The molecule has 0 radical (unpaired) electrons. The molecule has 3 rings (SSSR count). The number of nitrogens with zero attached hydrogens (tertiary/aromatic N) is 3. The van der Waals surface area contributed by atoms with E-state index in [9.17, 15) is 0 Å². The molecule has 148 valence electrons. The first-order valence-electron chi connectivity index (χ1n) is 9.56. The Morgan fingerprint density at radius 1 is 1.33 bits per heavy atom. The van der Waals surface area contributed by atoms with E-state index < -0.39 is 8.07 Å². The van der Waals surface area contributed by atoms with E-state index in [4.69, 9.17) is 15.2 Å². The molecule has 1 aromatic heterocycles. The summed E-state index contributed by atoms with van der Waals surface area (Å²) in [5, 5.41) is 11.9. The molecule has 1 aromatic carbocycles. The van der Waals surface area contributed by atoms with Crippen LogP contribution >= 0.6 is 0 Å². The normalized spacial score (nSPS) is 17.0. The van der Waals surface area contributed by atoms with Crippen LogP contribution in [0.5, 0.6) is 0 Å². The third kappa shape index (κ3) is 5.30. The minimum absolute atomic E-state index is 0.295. The van der Waals surface area contributed by atoms with Crippen LogP contribution in [0.1, 0.15) is 12.2 Å². The molecule has 2 heterocycles. The Balaban J connectivity index is 1.66. The lowest BCUT2D eigenvalue weighted by Crippen LogP contribution is -2.33. The van der Waals surface area contributed by atoms with E-state index in [2.05, 4.69) is 35.2 Å². The number of nitrogen functional groups attached to an aromatic ring is 1. The second kappa shape index (κ2) is 8.41. The summed E-state index contributed by atoms with van der Waals surface area (Å²) in [6, 6.07) is 7.08. The highest BCUT2D eigenvalue weighted by Gasteiger charge is 2.18. The molecule has 27 heavy (non-hydrogen) atoms. The van der Waals surface area contributed by atoms with E-state index in [1.54, 1.807) is 0 Å². The average Bonchev–Trinajstić information content (AvgIpc) is 2.91. The van der Waals surface area contributed by atoms with Gasteiger partial charge in [0.2, 0.25) is 0 Å². The van der Waals surface area contributed by atoms with E-state index in [-0.39, 0.29) is 0 Å². The topological polar surface area (TPSA) is 87.2 Å². The largest absolute Gasteiger partial charge is 0.397 e. The van der Waals surface area contributed by atoms with Crippen LogP contribution in [0, 0.1) is 6.92 Å². The van der Waals surface area contributed by atoms with Crippen molar-refractivity contribution in [2.45, 2.75) is 51.9 Å². The molecule has 0 saturated carbocycles. The van der Waals surface area contributed by atoms with Gasteiger partial charge in [-0.05, 0) is 37.6 Å². The van der Waals surface area contributed by atoms with Gasteiger partial charge in [-0.25, -0.2) is 0 Å². The molecular weight excluding hydrogens is 358 g/mol. The fraction of sp³-hybridized carbons (Fsp3) is 0.579. The van der Waals surface area contributed by atoms with Crippen molar-refractivity contribution in [1.29, 1.82) is 0 Å². The van der Waals surface area contributed by atoms with E-state index in [1.807, 2.05) is 29.7 Å². The molecule has 1 aliphatic heterocycles. The van der Waals surface area contributed by atoms with Gasteiger partial charge in [-0.3, -0.25) is 4.57 Å². The van der Waals surface area contributed by atoms with Crippen LogP contribution in [0.3, 0.4) is 0 Å². The van der Waals surface area contributed by atoms with Crippen molar-refractivity contribution >= 4 is 19.4 Å². The maximum Gasteiger partial charge on any atom is 0.165 e. The molecule has 1 saturated heterocycles. The lowest BCUT2D eigenvalue weighted by atomic mass is 10.1. The predicted octanol–water partition coefficient (Wildman–Crippen LogP) is 3.35. The van der Waals surface area contributed by atoms with E-state index in [0.717, 1.165) is 55.1 Å². The number of aryl methyl sites for hydroxylation is 1. The van der Waals surface area contributed by atoms with Gasteiger partial charge in [-0.2, -0.15) is 0 Å². The van der Waals surface area contributed by atoms with Crippen LogP contribution in [0.25, 0.3) is 11.4 Å². The van der Waals surface area contributed by atoms with Crippen molar-refractivity contribution in [1.82, 2.24) is 14.8 Å². The molecule has 0 spiro atoms. The SMILES string of the molecule is Cc1nnc(-c2ccc(NC[C@@H]3CCO3)c(N)c2)n1COCC[Si](C)(C)C. The lowest BCUT2D eigenvalue weighted by molar-refractivity contribution is -0.0410. The van der Waals surface area contributed by atoms with Gasteiger partial charge >= 0.3 is 0 Å². The Labute approximate surface area is 162 Å². The lowest BCUT2D eigenvalue weighted by Gasteiger charge is -2.27. The van der Waals surface area contributed by atoms with Gasteiger partial charge in [-0.15, -0.1) is 10.2 Å². The van der Waals surface area contributed by atoms with Gasteiger partial charge in [0.25, 0.3) is 0 Å². The first-order chi connectivity index (χ1) is 12.8. The number of hydrogen-bond acceptors (Lipinski definition) is 6. The predicted molar refractivity (Wildman–Crippen MR) is 112 cm³/mol. The van der Waals surface area contributed by atoms with Crippen molar-refractivity contribution in [3.05, 3.63) is 24.0 Å². The summed E-state index contributed by atoms with van der Waals surface area (Å²) >= 11 is 0. The van der Waals surface area contributed by atoms with Gasteiger partial charge in [0.15, 0.2) is 5.82 Å². The average molecular weight is 390 g/mol. The Morgan fingerprint density at radius 2 is 2.11 bits per heavy atom. The summed E-state index contributed by atoms with van der Waals surface area (Å²) < 4.78 is 13.3. The molecule has 1 aliphatic rings. The minimum Gasteiger partial charge on any atom is -0.397 e. The molecule has 0 aliphatic carbocycles. The summed E-state index contributed by atoms with van der Waals surface area (Å²) in [5.41, 5.74) is 8.79. The second-order valence-corrected chi connectivity index (χ2v) is 13.9.